The van der Waals surface area contributed by atoms with Gasteiger partial charge in [0.25, 0.3) is 0 Å². The van der Waals surface area contributed by atoms with Crippen LogP contribution in [0.4, 0.5) is 9.18 Å². The van der Waals surface area contributed by atoms with E-state index < -0.39 is 18.3 Å². The lowest BCUT2D eigenvalue weighted by atomic mass is 9.89. The summed E-state index contributed by atoms with van der Waals surface area (Å²) in [6.45, 7) is 0.984. The Morgan fingerprint density at radius 3 is 2.95 bits per heavy atom. The Balaban J connectivity index is 1.54. The van der Waals surface area contributed by atoms with Gasteiger partial charge >= 0.3 is 6.09 Å². The number of halogens is 1. The highest BCUT2D eigenvalue weighted by Gasteiger charge is 2.42. The van der Waals surface area contributed by atoms with E-state index in [-0.39, 0.29) is 18.6 Å². The van der Waals surface area contributed by atoms with Gasteiger partial charge in [0.15, 0.2) is 0 Å². The maximum Gasteiger partial charge on any atom is 0.407 e. The summed E-state index contributed by atoms with van der Waals surface area (Å²) in [6, 6.07) is 8.91. The largest absolute Gasteiger partial charge is 0.445 e. The van der Waals surface area contributed by atoms with Crippen molar-refractivity contribution in [2.24, 2.45) is 5.92 Å². The van der Waals surface area contributed by atoms with E-state index in [2.05, 4.69) is 10.6 Å². The van der Waals surface area contributed by atoms with Crippen molar-refractivity contribution in [1.29, 1.82) is 0 Å². The van der Waals surface area contributed by atoms with Gasteiger partial charge in [-0.2, -0.15) is 0 Å². The molecule has 4 rings (SSSR count). The van der Waals surface area contributed by atoms with E-state index in [0.717, 1.165) is 31.4 Å². The summed E-state index contributed by atoms with van der Waals surface area (Å²) in [5, 5.41) is 5.96. The van der Waals surface area contributed by atoms with Gasteiger partial charge in [0.05, 0.1) is 6.04 Å². The average Bonchev–Trinajstić information content (AvgIpc) is 2.83. The second kappa shape index (κ2) is 6.43. The van der Waals surface area contributed by atoms with E-state index in [9.17, 15) is 9.18 Å². The van der Waals surface area contributed by atoms with Crippen LogP contribution in [0.2, 0.25) is 0 Å². The Bertz CT molecular complexity index is 476. The summed E-state index contributed by atoms with van der Waals surface area (Å²) >= 11 is 0. The van der Waals surface area contributed by atoms with Crippen molar-refractivity contribution in [2.75, 3.05) is 6.54 Å². The molecule has 3 fully saturated rings. The molecule has 0 spiro atoms. The predicted molar refractivity (Wildman–Crippen MR) is 77.6 cm³/mol. The molecule has 0 aromatic heterocycles. The molecule has 1 aliphatic carbocycles. The molecule has 21 heavy (non-hydrogen) atoms. The molecular weight excluding hydrogens is 271 g/mol. The number of hydrogen-bond acceptors (Lipinski definition) is 3. The van der Waals surface area contributed by atoms with Gasteiger partial charge in [-0.05, 0) is 24.3 Å². The lowest BCUT2D eigenvalue weighted by Crippen LogP contribution is -2.59. The smallest absolute Gasteiger partial charge is 0.407 e. The van der Waals surface area contributed by atoms with Crippen LogP contribution in [-0.2, 0) is 11.3 Å². The van der Waals surface area contributed by atoms with Crippen LogP contribution >= 0.6 is 0 Å². The summed E-state index contributed by atoms with van der Waals surface area (Å²) in [7, 11) is 0. The van der Waals surface area contributed by atoms with Crippen molar-refractivity contribution in [3.63, 3.8) is 0 Å². The third-order valence-corrected chi connectivity index (χ3v) is 4.46. The molecule has 2 bridgehead atoms. The van der Waals surface area contributed by atoms with E-state index in [1.165, 1.54) is 0 Å². The summed E-state index contributed by atoms with van der Waals surface area (Å²) in [5.41, 5.74) is 0.925. The van der Waals surface area contributed by atoms with Crippen LogP contribution in [0.25, 0.3) is 0 Å². The fourth-order valence-electron chi connectivity index (χ4n) is 3.29. The molecule has 1 aromatic rings. The number of piperidine rings is 1. The molecule has 2 aliphatic heterocycles. The highest BCUT2D eigenvalue weighted by atomic mass is 19.1. The van der Waals surface area contributed by atoms with Crippen molar-refractivity contribution in [2.45, 2.75) is 44.1 Å². The van der Waals surface area contributed by atoms with E-state index in [0.29, 0.717) is 0 Å². The first-order valence-electron chi connectivity index (χ1n) is 7.59. The van der Waals surface area contributed by atoms with E-state index in [1.807, 2.05) is 30.3 Å². The van der Waals surface area contributed by atoms with Crippen molar-refractivity contribution in [3.05, 3.63) is 35.9 Å². The van der Waals surface area contributed by atoms with Crippen LogP contribution in [0.1, 0.15) is 24.8 Å². The van der Waals surface area contributed by atoms with Crippen LogP contribution in [0, 0.1) is 5.92 Å². The zero-order valence-electron chi connectivity index (χ0n) is 11.9. The van der Waals surface area contributed by atoms with Gasteiger partial charge in [0, 0.05) is 12.6 Å². The van der Waals surface area contributed by atoms with Gasteiger partial charge < -0.3 is 15.4 Å². The van der Waals surface area contributed by atoms with Crippen LogP contribution in [0.3, 0.4) is 0 Å². The van der Waals surface area contributed by atoms with E-state index in [1.54, 1.807) is 0 Å². The molecule has 114 valence electrons. The highest BCUT2D eigenvalue weighted by Crippen LogP contribution is 2.30. The van der Waals surface area contributed by atoms with Crippen molar-refractivity contribution in [1.82, 2.24) is 10.6 Å². The number of hydrogen-bond donors (Lipinski definition) is 2. The number of benzene rings is 1. The van der Waals surface area contributed by atoms with Crippen LogP contribution in [-0.4, -0.2) is 30.9 Å². The standard InChI is InChI=1S/C16H21FN2O2/c17-14-13-8-4-7-12(9-18-13)15(14)19-16(20)21-10-11-5-2-1-3-6-11/h1-3,5-6,12-15,18H,4,7-10H2,(H,19,20)/t12?,13-,14-,15-/m1/s1. The van der Waals surface area contributed by atoms with Gasteiger partial charge in [-0.3, -0.25) is 0 Å². The number of amides is 1. The van der Waals surface area contributed by atoms with Crippen molar-refractivity contribution in [3.8, 4) is 0 Å². The molecule has 2 heterocycles. The quantitative estimate of drug-likeness (QED) is 0.899. The number of alkyl carbamates (subject to hydrolysis) is 1. The minimum absolute atomic E-state index is 0.136. The van der Waals surface area contributed by atoms with Crippen LogP contribution in [0.15, 0.2) is 30.3 Å². The monoisotopic (exact) mass is 292 g/mol. The number of rotatable bonds is 3. The van der Waals surface area contributed by atoms with Crippen molar-refractivity contribution < 1.29 is 13.9 Å². The Morgan fingerprint density at radius 1 is 1.33 bits per heavy atom. The van der Waals surface area contributed by atoms with E-state index >= 15 is 0 Å². The maximum absolute atomic E-state index is 14.4. The molecule has 1 amide bonds. The highest BCUT2D eigenvalue weighted by molar-refractivity contribution is 5.67. The zero-order chi connectivity index (χ0) is 14.7. The van der Waals surface area contributed by atoms with E-state index in [4.69, 9.17) is 4.74 Å². The topological polar surface area (TPSA) is 50.4 Å². The summed E-state index contributed by atoms with van der Waals surface area (Å²) in [6.07, 6.45) is 1.25. The maximum atomic E-state index is 14.4. The summed E-state index contributed by atoms with van der Waals surface area (Å²) in [4.78, 5) is 11.9. The molecule has 4 atom stereocenters. The first-order chi connectivity index (χ1) is 10.2. The minimum atomic E-state index is -1.03. The van der Waals surface area contributed by atoms with Gasteiger partial charge in [-0.25, -0.2) is 9.18 Å². The fraction of sp³-hybridized carbons (Fsp3) is 0.562. The van der Waals surface area contributed by atoms with Gasteiger partial charge in [-0.15, -0.1) is 0 Å². The molecule has 5 heteroatoms. The molecular formula is C16H21FN2O2. The van der Waals surface area contributed by atoms with Gasteiger partial charge in [-0.1, -0.05) is 36.8 Å². The number of nitrogens with one attached hydrogen (secondary N) is 2. The average molecular weight is 292 g/mol. The Hall–Kier alpha value is -1.62. The third kappa shape index (κ3) is 3.35. The lowest BCUT2D eigenvalue weighted by Gasteiger charge is -2.36. The number of carbonyl (C=O) groups is 1. The third-order valence-electron chi connectivity index (χ3n) is 4.46. The first-order valence-corrected chi connectivity index (χ1v) is 7.59. The second-order valence-electron chi connectivity index (χ2n) is 5.88. The number of fused-ring (bicyclic) bond motifs is 4. The SMILES string of the molecule is O=C(N[C@@H]1C2CCC[C@@H](NC2)[C@H]1F)OCc1ccccc1. The van der Waals surface area contributed by atoms with Gasteiger partial charge in [0.2, 0.25) is 0 Å². The summed E-state index contributed by atoms with van der Waals surface area (Å²) in [5.74, 6) is 0.156. The first kappa shape index (κ1) is 14.3. The molecule has 3 aliphatic rings. The van der Waals surface area contributed by atoms with Gasteiger partial charge in [0.1, 0.15) is 12.8 Å². The Morgan fingerprint density at radius 2 is 2.14 bits per heavy atom. The van der Waals surface area contributed by atoms with Crippen molar-refractivity contribution >= 4 is 6.09 Å². The number of alkyl halides is 1. The predicted octanol–water partition coefficient (Wildman–Crippen LogP) is 2.39. The zero-order valence-corrected chi connectivity index (χ0v) is 11.9. The molecule has 1 saturated carbocycles. The number of carbonyl (C=O) groups excluding carboxylic acids is 1. The molecule has 4 nitrogen and oxygen atoms in total. The van der Waals surface area contributed by atoms with Crippen LogP contribution in [0.5, 0.6) is 0 Å². The minimum Gasteiger partial charge on any atom is -0.445 e. The Labute approximate surface area is 124 Å². The Kier molecular flexibility index (Phi) is 4.39. The molecule has 1 aromatic carbocycles. The molecule has 2 saturated heterocycles. The lowest BCUT2D eigenvalue weighted by molar-refractivity contribution is 0.0938. The second-order valence-corrected chi connectivity index (χ2v) is 5.88. The molecule has 0 radical (unpaired) electrons. The number of ether oxygens (including phenoxy) is 1. The normalized spacial score (nSPS) is 31.5. The van der Waals surface area contributed by atoms with Crippen LogP contribution < -0.4 is 10.6 Å². The molecule has 2 N–H and O–H groups in total. The molecule has 1 unspecified atom stereocenters. The fourth-order valence-corrected chi connectivity index (χ4v) is 3.29. The summed E-state index contributed by atoms with van der Waals surface area (Å²) < 4.78 is 19.6.